The Morgan fingerprint density at radius 2 is 2.07 bits per heavy atom. The summed E-state index contributed by atoms with van der Waals surface area (Å²) in [5, 5.41) is 9.35. The Labute approximate surface area is 82.7 Å². The Bertz CT molecular complexity index is 350. The van der Waals surface area contributed by atoms with E-state index >= 15 is 0 Å². The van der Waals surface area contributed by atoms with Gasteiger partial charge in [-0.15, -0.1) is 0 Å². The third-order valence-electron chi connectivity index (χ3n) is 1.69. The van der Waals surface area contributed by atoms with Crippen LogP contribution in [0.5, 0.6) is 5.75 Å². The molecule has 0 amide bonds. The monoisotopic (exact) mass is 216 g/mol. The molecule has 0 saturated heterocycles. The summed E-state index contributed by atoms with van der Waals surface area (Å²) < 4.78 is 16.0. The van der Waals surface area contributed by atoms with Crippen LogP contribution in [-0.2, 0) is 15.3 Å². The minimum atomic E-state index is -3.60. The molecule has 0 saturated carbocycles. The Morgan fingerprint density at radius 1 is 1.43 bits per heavy atom. The zero-order valence-electron chi connectivity index (χ0n) is 7.88. The molecule has 2 N–H and O–H groups in total. The molecule has 0 spiro atoms. The van der Waals surface area contributed by atoms with Crippen LogP contribution in [0.15, 0.2) is 24.3 Å². The highest BCUT2D eigenvalue weighted by atomic mass is 31.2. The van der Waals surface area contributed by atoms with E-state index in [1.807, 2.05) is 0 Å². The van der Waals surface area contributed by atoms with Crippen molar-refractivity contribution in [3.8, 4) is 5.75 Å². The van der Waals surface area contributed by atoms with Crippen LogP contribution in [0.2, 0.25) is 0 Å². The largest absolute Gasteiger partial charge is 0.508 e. The van der Waals surface area contributed by atoms with Crippen molar-refractivity contribution in [1.82, 2.24) is 0 Å². The molecule has 1 rings (SSSR count). The number of benzene rings is 1. The summed E-state index contributed by atoms with van der Waals surface area (Å²) in [5.74, 6) is 0.0153. The van der Waals surface area contributed by atoms with Crippen molar-refractivity contribution < 1.29 is 19.1 Å². The van der Waals surface area contributed by atoms with Crippen LogP contribution < -0.4 is 0 Å². The highest BCUT2D eigenvalue weighted by Crippen LogP contribution is 2.46. The normalized spacial score (nSPS) is 15.0. The van der Waals surface area contributed by atoms with Gasteiger partial charge in [0.1, 0.15) is 5.75 Å². The van der Waals surface area contributed by atoms with Crippen molar-refractivity contribution in [3.63, 3.8) is 0 Å². The van der Waals surface area contributed by atoms with E-state index in [1.54, 1.807) is 25.1 Å². The standard InChI is InChI=1S/C9H13O4P/c1-2-13-14(11,12)7-8-5-3-4-6-9(8)10/h3-6,10H,2,7H2,1H3,(H,11,12). The van der Waals surface area contributed by atoms with Crippen LogP contribution in [0.3, 0.4) is 0 Å². The van der Waals surface area contributed by atoms with E-state index in [4.69, 9.17) is 0 Å². The van der Waals surface area contributed by atoms with Gasteiger partial charge >= 0.3 is 7.60 Å². The van der Waals surface area contributed by atoms with E-state index in [2.05, 4.69) is 4.52 Å². The number of rotatable bonds is 4. The van der Waals surface area contributed by atoms with Crippen LogP contribution in [0.25, 0.3) is 0 Å². The lowest BCUT2D eigenvalue weighted by atomic mass is 10.2. The van der Waals surface area contributed by atoms with Crippen LogP contribution in [0.1, 0.15) is 12.5 Å². The van der Waals surface area contributed by atoms with E-state index in [1.165, 1.54) is 6.07 Å². The summed E-state index contributed by atoms with van der Waals surface area (Å²) in [4.78, 5) is 9.31. The number of hydrogen-bond acceptors (Lipinski definition) is 3. The van der Waals surface area contributed by atoms with Gasteiger partial charge < -0.3 is 14.5 Å². The summed E-state index contributed by atoms with van der Waals surface area (Å²) in [6, 6.07) is 6.42. The van der Waals surface area contributed by atoms with Crippen LogP contribution in [0.4, 0.5) is 0 Å². The fourth-order valence-corrected chi connectivity index (χ4v) is 2.30. The van der Waals surface area contributed by atoms with E-state index in [-0.39, 0.29) is 18.5 Å². The minimum absolute atomic E-state index is 0.0153. The van der Waals surface area contributed by atoms with Crippen molar-refractivity contribution in [2.75, 3.05) is 6.61 Å². The second-order valence-corrected chi connectivity index (χ2v) is 4.69. The van der Waals surface area contributed by atoms with Gasteiger partial charge in [-0.2, -0.15) is 0 Å². The molecule has 1 unspecified atom stereocenters. The third kappa shape index (κ3) is 3.14. The highest BCUT2D eigenvalue weighted by molar-refractivity contribution is 7.51. The maximum atomic E-state index is 11.4. The molecule has 5 heteroatoms. The maximum Gasteiger partial charge on any atom is 0.332 e. The van der Waals surface area contributed by atoms with Crippen molar-refractivity contribution in [1.29, 1.82) is 0 Å². The van der Waals surface area contributed by atoms with Gasteiger partial charge in [0.05, 0.1) is 12.8 Å². The molecular weight excluding hydrogens is 203 g/mol. The number of hydrogen-bond donors (Lipinski definition) is 2. The van der Waals surface area contributed by atoms with Gasteiger partial charge in [-0.3, -0.25) is 4.57 Å². The molecule has 0 aliphatic carbocycles. The maximum absolute atomic E-state index is 11.4. The van der Waals surface area contributed by atoms with Crippen LogP contribution >= 0.6 is 7.60 Å². The number of phenolic OH excluding ortho intramolecular Hbond substituents is 1. The SMILES string of the molecule is CCOP(=O)(O)Cc1ccccc1O. The number of aromatic hydroxyl groups is 1. The molecule has 0 radical (unpaired) electrons. The molecule has 0 fully saturated rings. The van der Waals surface area contributed by atoms with Crippen molar-refractivity contribution >= 4 is 7.60 Å². The van der Waals surface area contributed by atoms with Gasteiger partial charge in [-0.05, 0) is 13.0 Å². The summed E-state index contributed by atoms with van der Waals surface area (Å²) in [6.07, 6.45) is -0.159. The zero-order valence-corrected chi connectivity index (χ0v) is 8.78. The Kier molecular flexibility index (Phi) is 3.69. The lowest BCUT2D eigenvalue weighted by Gasteiger charge is -2.11. The molecule has 0 heterocycles. The second-order valence-electron chi connectivity index (χ2n) is 2.84. The first-order valence-electron chi connectivity index (χ1n) is 4.28. The highest BCUT2D eigenvalue weighted by Gasteiger charge is 2.20. The molecular formula is C9H13O4P. The first kappa shape index (κ1) is 11.2. The predicted octanol–water partition coefficient (Wildman–Crippen LogP) is 2.11. The molecule has 4 nitrogen and oxygen atoms in total. The van der Waals surface area contributed by atoms with Gasteiger partial charge in [0, 0.05) is 5.56 Å². The average molecular weight is 216 g/mol. The molecule has 0 aliphatic heterocycles. The Balaban J connectivity index is 2.78. The quantitative estimate of drug-likeness (QED) is 0.756. The summed E-state index contributed by atoms with van der Waals surface area (Å²) >= 11 is 0. The fourth-order valence-electron chi connectivity index (χ4n) is 1.11. The Morgan fingerprint density at radius 3 is 2.64 bits per heavy atom. The molecule has 0 aromatic heterocycles. The molecule has 0 bridgehead atoms. The topological polar surface area (TPSA) is 66.8 Å². The molecule has 0 aliphatic rings. The van der Waals surface area contributed by atoms with E-state index < -0.39 is 7.60 Å². The summed E-state index contributed by atoms with van der Waals surface area (Å²) in [7, 11) is -3.60. The van der Waals surface area contributed by atoms with Crippen molar-refractivity contribution in [2.24, 2.45) is 0 Å². The summed E-state index contributed by atoms with van der Waals surface area (Å²) in [5.41, 5.74) is 0.423. The van der Waals surface area contributed by atoms with Crippen molar-refractivity contribution in [2.45, 2.75) is 13.1 Å². The number of phenols is 1. The second kappa shape index (κ2) is 4.60. The Hall–Kier alpha value is -0.830. The van der Waals surface area contributed by atoms with E-state index in [9.17, 15) is 14.6 Å². The smallest absolute Gasteiger partial charge is 0.332 e. The van der Waals surface area contributed by atoms with Gasteiger partial charge in [0.2, 0.25) is 0 Å². The third-order valence-corrected chi connectivity index (χ3v) is 3.09. The van der Waals surface area contributed by atoms with E-state index in [0.29, 0.717) is 5.56 Å². The molecule has 14 heavy (non-hydrogen) atoms. The van der Waals surface area contributed by atoms with Crippen LogP contribution in [-0.4, -0.2) is 16.6 Å². The fraction of sp³-hybridized carbons (Fsp3) is 0.333. The molecule has 1 atom stereocenters. The first-order chi connectivity index (χ1) is 6.55. The zero-order chi connectivity index (χ0) is 10.6. The minimum Gasteiger partial charge on any atom is -0.508 e. The van der Waals surface area contributed by atoms with Crippen LogP contribution in [0, 0.1) is 0 Å². The number of para-hydroxylation sites is 1. The van der Waals surface area contributed by atoms with Gasteiger partial charge in [-0.1, -0.05) is 18.2 Å². The van der Waals surface area contributed by atoms with E-state index in [0.717, 1.165) is 0 Å². The van der Waals surface area contributed by atoms with Gasteiger partial charge in [0.25, 0.3) is 0 Å². The van der Waals surface area contributed by atoms with Gasteiger partial charge in [-0.25, -0.2) is 0 Å². The lowest BCUT2D eigenvalue weighted by molar-refractivity contribution is 0.272. The molecule has 1 aromatic rings. The van der Waals surface area contributed by atoms with Crippen molar-refractivity contribution in [3.05, 3.63) is 29.8 Å². The first-order valence-corrected chi connectivity index (χ1v) is 6.04. The molecule has 1 aromatic carbocycles. The summed E-state index contributed by atoms with van der Waals surface area (Å²) in [6.45, 7) is 1.83. The average Bonchev–Trinajstić information content (AvgIpc) is 2.08. The lowest BCUT2D eigenvalue weighted by Crippen LogP contribution is -1.93. The predicted molar refractivity (Wildman–Crippen MR) is 53.3 cm³/mol. The van der Waals surface area contributed by atoms with Gasteiger partial charge in [0.15, 0.2) is 0 Å². The molecule has 78 valence electrons.